The Morgan fingerprint density at radius 2 is 1.88 bits per heavy atom. The van der Waals surface area contributed by atoms with E-state index in [9.17, 15) is 0 Å². The zero-order valence-electron chi connectivity index (χ0n) is 10.8. The minimum Gasteiger partial charge on any atom is -0.347 e. The van der Waals surface area contributed by atoms with Gasteiger partial charge in [-0.15, -0.1) is 0 Å². The molecule has 2 aliphatic heterocycles. The Labute approximate surface area is 99.7 Å². The minimum atomic E-state index is -0.214. The molecule has 3 atom stereocenters. The maximum absolute atomic E-state index is 6.28. The summed E-state index contributed by atoms with van der Waals surface area (Å²) in [4.78, 5) is 0. The molecule has 2 heterocycles. The quantitative estimate of drug-likeness (QED) is 0.707. The predicted octanol–water partition coefficient (Wildman–Crippen LogP) is 4.03. The summed E-state index contributed by atoms with van der Waals surface area (Å²) in [6.45, 7) is 4.43. The van der Waals surface area contributed by atoms with Crippen LogP contribution in [0.15, 0.2) is 0 Å². The average molecular weight is 226 g/mol. The van der Waals surface area contributed by atoms with Crippen LogP contribution in [0.5, 0.6) is 0 Å². The van der Waals surface area contributed by atoms with Gasteiger partial charge in [-0.05, 0) is 39.0 Å². The van der Waals surface area contributed by atoms with Crippen LogP contribution in [0.3, 0.4) is 0 Å². The number of rotatable bonds is 2. The van der Waals surface area contributed by atoms with Crippen LogP contribution in [0.25, 0.3) is 0 Å². The molecule has 1 spiro atoms. The summed E-state index contributed by atoms with van der Waals surface area (Å²) >= 11 is 0. The van der Waals surface area contributed by atoms with Crippen molar-refractivity contribution in [3.05, 3.63) is 0 Å². The molecule has 0 aromatic rings. The van der Waals surface area contributed by atoms with Crippen molar-refractivity contribution in [1.29, 1.82) is 0 Å². The molecule has 0 aliphatic carbocycles. The molecule has 0 amide bonds. The van der Waals surface area contributed by atoms with Gasteiger partial charge in [0.05, 0.1) is 12.2 Å². The zero-order chi connectivity index (χ0) is 11.4. The van der Waals surface area contributed by atoms with Crippen LogP contribution < -0.4 is 0 Å². The molecule has 2 fully saturated rings. The molecule has 2 nitrogen and oxygen atoms in total. The summed E-state index contributed by atoms with van der Waals surface area (Å²) in [5.74, 6) is -0.214. The Hall–Kier alpha value is -0.0800. The highest BCUT2D eigenvalue weighted by Crippen LogP contribution is 2.38. The molecule has 0 bridgehead atoms. The summed E-state index contributed by atoms with van der Waals surface area (Å²) < 4.78 is 12.5. The monoisotopic (exact) mass is 226 g/mol. The van der Waals surface area contributed by atoms with Gasteiger partial charge in [-0.25, -0.2) is 0 Å². The molecule has 16 heavy (non-hydrogen) atoms. The van der Waals surface area contributed by atoms with E-state index >= 15 is 0 Å². The highest BCUT2D eigenvalue weighted by Gasteiger charge is 2.39. The van der Waals surface area contributed by atoms with Gasteiger partial charge in [0.15, 0.2) is 5.79 Å². The maximum atomic E-state index is 6.28. The molecule has 0 aromatic heterocycles. The van der Waals surface area contributed by atoms with E-state index in [0.717, 1.165) is 12.8 Å². The van der Waals surface area contributed by atoms with Crippen molar-refractivity contribution < 1.29 is 9.47 Å². The number of hydrogen-bond acceptors (Lipinski definition) is 2. The molecule has 3 unspecified atom stereocenters. The van der Waals surface area contributed by atoms with E-state index in [2.05, 4.69) is 13.8 Å². The lowest BCUT2D eigenvalue weighted by Crippen LogP contribution is -2.44. The summed E-state index contributed by atoms with van der Waals surface area (Å²) in [5.41, 5.74) is 0. The van der Waals surface area contributed by atoms with Gasteiger partial charge in [0, 0.05) is 12.8 Å². The van der Waals surface area contributed by atoms with Crippen LogP contribution in [0, 0.1) is 0 Å². The van der Waals surface area contributed by atoms with E-state index in [1.54, 1.807) is 0 Å². The fourth-order valence-electron chi connectivity index (χ4n) is 3.13. The lowest BCUT2D eigenvalue weighted by Gasteiger charge is -2.41. The van der Waals surface area contributed by atoms with Gasteiger partial charge >= 0.3 is 0 Å². The van der Waals surface area contributed by atoms with Crippen molar-refractivity contribution in [2.24, 2.45) is 0 Å². The third-order valence-corrected chi connectivity index (χ3v) is 3.91. The van der Waals surface area contributed by atoms with Crippen LogP contribution in [-0.4, -0.2) is 18.0 Å². The molecule has 0 N–H and O–H groups in total. The molecule has 0 saturated carbocycles. The van der Waals surface area contributed by atoms with Crippen molar-refractivity contribution in [1.82, 2.24) is 0 Å². The first-order valence-electron chi connectivity index (χ1n) is 7.10. The lowest BCUT2D eigenvalue weighted by molar-refractivity contribution is -0.294. The van der Waals surface area contributed by atoms with Gasteiger partial charge < -0.3 is 9.47 Å². The Balaban J connectivity index is 1.98. The largest absolute Gasteiger partial charge is 0.347 e. The molecular weight excluding hydrogens is 200 g/mol. The first-order chi connectivity index (χ1) is 7.74. The normalized spacial score (nSPS) is 40.9. The Morgan fingerprint density at radius 1 is 1.06 bits per heavy atom. The van der Waals surface area contributed by atoms with E-state index in [-0.39, 0.29) is 5.79 Å². The fraction of sp³-hybridized carbons (Fsp3) is 1.00. The molecular formula is C14H26O2. The van der Waals surface area contributed by atoms with Crippen molar-refractivity contribution in [2.45, 2.75) is 89.6 Å². The van der Waals surface area contributed by atoms with E-state index in [1.165, 1.54) is 44.9 Å². The lowest BCUT2D eigenvalue weighted by atomic mass is 9.95. The van der Waals surface area contributed by atoms with Gasteiger partial charge in [0.2, 0.25) is 0 Å². The highest BCUT2D eigenvalue weighted by molar-refractivity contribution is 4.81. The Kier molecular flexibility index (Phi) is 4.26. The minimum absolute atomic E-state index is 0.214. The third kappa shape index (κ3) is 2.98. The molecule has 2 heteroatoms. The summed E-state index contributed by atoms with van der Waals surface area (Å²) in [6, 6.07) is 0. The van der Waals surface area contributed by atoms with Gasteiger partial charge in [-0.1, -0.05) is 19.8 Å². The number of hydrogen-bond donors (Lipinski definition) is 0. The predicted molar refractivity (Wildman–Crippen MR) is 65.4 cm³/mol. The fourth-order valence-corrected chi connectivity index (χ4v) is 3.13. The average Bonchev–Trinajstić information content (AvgIpc) is 2.41. The van der Waals surface area contributed by atoms with Crippen LogP contribution in [0.1, 0.15) is 71.6 Å². The standard InChI is InChI=1S/C14H26O2/c1-3-7-13-9-6-11-14(16-13)10-5-4-8-12(2)15-14/h12-13H,3-11H2,1-2H3. The van der Waals surface area contributed by atoms with E-state index in [4.69, 9.17) is 9.47 Å². The first kappa shape index (κ1) is 12.4. The van der Waals surface area contributed by atoms with Crippen molar-refractivity contribution >= 4 is 0 Å². The molecule has 2 saturated heterocycles. The van der Waals surface area contributed by atoms with Gasteiger partial charge in [0.1, 0.15) is 0 Å². The van der Waals surface area contributed by atoms with Crippen molar-refractivity contribution in [2.75, 3.05) is 0 Å². The van der Waals surface area contributed by atoms with E-state index in [0.29, 0.717) is 12.2 Å². The second-order valence-corrected chi connectivity index (χ2v) is 5.51. The smallest absolute Gasteiger partial charge is 0.169 e. The molecule has 0 aromatic carbocycles. The summed E-state index contributed by atoms with van der Waals surface area (Å²) in [5, 5.41) is 0. The number of ether oxygens (including phenoxy) is 2. The molecule has 0 radical (unpaired) electrons. The van der Waals surface area contributed by atoms with Crippen LogP contribution in [-0.2, 0) is 9.47 Å². The molecule has 2 aliphatic rings. The second kappa shape index (κ2) is 5.50. The molecule has 94 valence electrons. The maximum Gasteiger partial charge on any atom is 0.169 e. The highest BCUT2D eigenvalue weighted by atomic mass is 16.7. The van der Waals surface area contributed by atoms with Crippen molar-refractivity contribution in [3.63, 3.8) is 0 Å². The van der Waals surface area contributed by atoms with Gasteiger partial charge in [-0.3, -0.25) is 0 Å². The van der Waals surface area contributed by atoms with Crippen LogP contribution in [0.4, 0.5) is 0 Å². The van der Waals surface area contributed by atoms with E-state index < -0.39 is 0 Å². The van der Waals surface area contributed by atoms with E-state index in [1.807, 2.05) is 0 Å². The summed E-state index contributed by atoms with van der Waals surface area (Å²) in [7, 11) is 0. The zero-order valence-corrected chi connectivity index (χ0v) is 10.8. The third-order valence-electron chi connectivity index (χ3n) is 3.91. The Bertz CT molecular complexity index is 215. The topological polar surface area (TPSA) is 18.5 Å². The SMILES string of the molecule is CCCC1CCCC2(CCCCC(C)O2)O1. The first-order valence-corrected chi connectivity index (χ1v) is 7.10. The van der Waals surface area contributed by atoms with Crippen molar-refractivity contribution in [3.8, 4) is 0 Å². The van der Waals surface area contributed by atoms with Crippen LogP contribution >= 0.6 is 0 Å². The Morgan fingerprint density at radius 3 is 2.69 bits per heavy atom. The molecule has 2 rings (SSSR count). The van der Waals surface area contributed by atoms with Gasteiger partial charge in [-0.2, -0.15) is 0 Å². The summed E-state index contributed by atoms with van der Waals surface area (Å²) in [6.07, 6.45) is 11.7. The van der Waals surface area contributed by atoms with Gasteiger partial charge in [0.25, 0.3) is 0 Å². The van der Waals surface area contributed by atoms with Crippen LogP contribution in [0.2, 0.25) is 0 Å². The second-order valence-electron chi connectivity index (χ2n) is 5.51.